The summed E-state index contributed by atoms with van der Waals surface area (Å²) in [4.78, 5) is 19.2. The van der Waals surface area contributed by atoms with Crippen molar-refractivity contribution in [2.75, 3.05) is 5.75 Å². The fourth-order valence-electron chi connectivity index (χ4n) is 1.71. The van der Waals surface area contributed by atoms with E-state index in [1.165, 1.54) is 0 Å². The van der Waals surface area contributed by atoms with Gasteiger partial charge in [-0.05, 0) is 25.0 Å². The van der Waals surface area contributed by atoms with Gasteiger partial charge in [-0.15, -0.1) is 0 Å². The molecule has 0 spiro atoms. The number of hydrogen-bond acceptors (Lipinski definition) is 3. The zero-order valence-corrected chi connectivity index (χ0v) is 11.3. The molecule has 0 aliphatic heterocycles. The summed E-state index contributed by atoms with van der Waals surface area (Å²) < 4.78 is 0. The quantitative estimate of drug-likeness (QED) is 0.805. The summed E-state index contributed by atoms with van der Waals surface area (Å²) in [5, 5.41) is 0. The Morgan fingerprint density at radius 3 is 2.62 bits per heavy atom. The van der Waals surface area contributed by atoms with Gasteiger partial charge in [0.1, 0.15) is 5.82 Å². The van der Waals surface area contributed by atoms with Crippen LogP contribution in [0.4, 0.5) is 0 Å². The van der Waals surface area contributed by atoms with Gasteiger partial charge in [-0.25, -0.2) is 4.98 Å². The molecule has 0 amide bonds. The lowest BCUT2D eigenvalue weighted by Crippen LogP contribution is -2.19. The van der Waals surface area contributed by atoms with Gasteiger partial charge in [-0.3, -0.25) is 4.79 Å². The maximum Gasteiger partial charge on any atom is 0.254 e. The summed E-state index contributed by atoms with van der Waals surface area (Å²) in [6, 6.07) is 0. The molecule has 3 nitrogen and oxygen atoms in total. The van der Waals surface area contributed by atoms with Gasteiger partial charge in [-0.1, -0.05) is 20.8 Å². The zero-order chi connectivity index (χ0) is 12.1. The lowest BCUT2D eigenvalue weighted by atomic mass is 10.0. The monoisotopic (exact) mass is 240 g/mol. The van der Waals surface area contributed by atoms with Crippen molar-refractivity contribution in [3.8, 4) is 0 Å². The normalized spacial score (nSPS) is 11.1. The number of hydrogen-bond donors (Lipinski definition) is 1. The summed E-state index contributed by atoms with van der Waals surface area (Å²) in [6.45, 7) is 8.10. The number of rotatable bonds is 5. The SMILES string of the molecule is CCCSCc1nc(C)c(C(C)C)c(=O)[nH]1. The third-order valence-corrected chi connectivity index (χ3v) is 3.53. The molecule has 0 fully saturated rings. The van der Waals surface area contributed by atoms with Crippen LogP contribution in [-0.2, 0) is 5.75 Å². The molecule has 0 aliphatic carbocycles. The molecule has 0 radical (unpaired) electrons. The van der Waals surface area contributed by atoms with Crippen molar-refractivity contribution < 1.29 is 0 Å². The Morgan fingerprint density at radius 1 is 1.44 bits per heavy atom. The molecule has 0 bridgehead atoms. The lowest BCUT2D eigenvalue weighted by Gasteiger charge is -2.09. The Balaban J connectivity index is 2.88. The van der Waals surface area contributed by atoms with Crippen molar-refractivity contribution >= 4 is 11.8 Å². The first-order valence-corrected chi connectivity index (χ1v) is 6.89. The molecule has 0 saturated carbocycles. The number of aromatic amines is 1. The first kappa shape index (κ1) is 13.3. The summed E-state index contributed by atoms with van der Waals surface area (Å²) in [5.41, 5.74) is 1.70. The van der Waals surface area contributed by atoms with Crippen LogP contribution in [0.2, 0.25) is 0 Å². The Labute approximate surface area is 101 Å². The second-order valence-electron chi connectivity index (χ2n) is 4.22. The van der Waals surface area contributed by atoms with Gasteiger partial charge in [0, 0.05) is 11.3 Å². The van der Waals surface area contributed by atoms with Crippen LogP contribution in [0.1, 0.15) is 50.2 Å². The number of H-pyrrole nitrogens is 1. The first-order valence-electron chi connectivity index (χ1n) is 5.73. The second-order valence-corrected chi connectivity index (χ2v) is 5.32. The van der Waals surface area contributed by atoms with Gasteiger partial charge in [0.2, 0.25) is 0 Å². The Bertz CT molecular complexity index is 398. The van der Waals surface area contributed by atoms with E-state index in [1.54, 1.807) is 11.8 Å². The number of aromatic nitrogens is 2. The van der Waals surface area contributed by atoms with E-state index in [0.29, 0.717) is 0 Å². The minimum absolute atomic E-state index is 0.0228. The fourth-order valence-corrected chi connectivity index (χ4v) is 2.48. The maximum absolute atomic E-state index is 11.8. The van der Waals surface area contributed by atoms with E-state index in [9.17, 15) is 4.79 Å². The number of thioether (sulfide) groups is 1. The van der Waals surface area contributed by atoms with Gasteiger partial charge in [0.25, 0.3) is 5.56 Å². The highest BCUT2D eigenvalue weighted by atomic mass is 32.2. The molecule has 4 heteroatoms. The molecule has 1 N–H and O–H groups in total. The van der Waals surface area contributed by atoms with Crippen molar-refractivity contribution in [3.63, 3.8) is 0 Å². The molecule has 0 unspecified atom stereocenters. The van der Waals surface area contributed by atoms with Crippen molar-refractivity contribution in [3.05, 3.63) is 27.4 Å². The molecule has 0 atom stereocenters. The highest BCUT2D eigenvalue weighted by Gasteiger charge is 2.11. The van der Waals surface area contributed by atoms with Crippen LogP contribution in [0.3, 0.4) is 0 Å². The molecule has 1 heterocycles. The maximum atomic E-state index is 11.8. The minimum Gasteiger partial charge on any atom is -0.310 e. The molecular weight excluding hydrogens is 220 g/mol. The number of nitrogens with one attached hydrogen (secondary N) is 1. The summed E-state index contributed by atoms with van der Waals surface area (Å²) in [6.07, 6.45) is 1.15. The van der Waals surface area contributed by atoms with E-state index >= 15 is 0 Å². The molecule has 0 aromatic carbocycles. The van der Waals surface area contributed by atoms with Crippen molar-refractivity contribution in [1.82, 2.24) is 9.97 Å². The van der Waals surface area contributed by atoms with E-state index < -0.39 is 0 Å². The Kier molecular flexibility index (Phi) is 5.06. The van der Waals surface area contributed by atoms with Crippen molar-refractivity contribution in [2.24, 2.45) is 0 Å². The predicted molar refractivity (Wildman–Crippen MR) is 70.1 cm³/mol. The summed E-state index contributed by atoms with van der Waals surface area (Å²) in [7, 11) is 0. The second kappa shape index (κ2) is 6.09. The van der Waals surface area contributed by atoms with Crippen LogP contribution in [0, 0.1) is 6.92 Å². The lowest BCUT2D eigenvalue weighted by molar-refractivity contribution is 0.799. The molecule has 1 aromatic rings. The largest absolute Gasteiger partial charge is 0.310 e. The summed E-state index contributed by atoms with van der Waals surface area (Å²) >= 11 is 1.81. The van der Waals surface area contributed by atoms with Gasteiger partial charge in [-0.2, -0.15) is 11.8 Å². The van der Waals surface area contributed by atoms with Crippen LogP contribution in [0.5, 0.6) is 0 Å². The fraction of sp³-hybridized carbons (Fsp3) is 0.667. The van der Waals surface area contributed by atoms with E-state index in [1.807, 2.05) is 20.8 Å². The van der Waals surface area contributed by atoms with Crippen molar-refractivity contribution in [1.29, 1.82) is 0 Å². The standard InChI is InChI=1S/C12H20N2OS/c1-5-6-16-7-10-13-9(4)11(8(2)3)12(15)14-10/h8H,5-7H2,1-4H3,(H,13,14,15). The topological polar surface area (TPSA) is 45.8 Å². The molecule has 90 valence electrons. The van der Waals surface area contributed by atoms with Gasteiger partial charge in [0.15, 0.2) is 0 Å². The molecule has 0 aliphatic rings. The smallest absolute Gasteiger partial charge is 0.254 e. The average molecular weight is 240 g/mol. The third-order valence-electron chi connectivity index (χ3n) is 2.36. The molecule has 0 saturated heterocycles. The van der Waals surface area contributed by atoms with E-state index in [4.69, 9.17) is 0 Å². The highest BCUT2D eigenvalue weighted by molar-refractivity contribution is 7.98. The molecule has 1 rings (SSSR count). The highest BCUT2D eigenvalue weighted by Crippen LogP contribution is 2.14. The van der Waals surface area contributed by atoms with Crippen molar-refractivity contribution in [2.45, 2.75) is 45.8 Å². The molecule has 1 aromatic heterocycles. The van der Waals surface area contributed by atoms with Crippen LogP contribution >= 0.6 is 11.8 Å². The van der Waals surface area contributed by atoms with E-state index in [0.717, 1.165) is 35.0 Å². The predicted octanol–water partition coefficient (Wildman–Crippen LogP) is 2.84. The Morgan fingerprint density at radius 2 is 2.12 bits per heavy atom. The summed E-state index contributed by atoms with van der Waals surface area (Å²) in [5.74, 6) is 2.93. The van der Waals surface area contributed by atoms with Crippen LogP contribution in [0.15, 0.2) is 4.79 Å². The van der Waals surface area contributed by atoms with E-state index in [2.05, 4.69) is 16.9 Å². The van der Waals surface area contributed by atoms with Crippen LogP contribution < -0.4 is 5.56 Å². The van der Waals surface area contributed by atoms with E-state index in [-0.39, 0.29) is 11.5 Å². The zero-order valence-electron chi connectivity index (χ0n) is 10.5. The third kappa shape index (κ3) is 3.37. The Hall–Kier alpha value is -0.770. The van der Waals surface area contributed by atoms with Crippen LogP contribution in [0.25, 0.3) is 0 Å². The average Bonchev–Trinajstić information content (AvgIpc) is 2.16. The molecule has 16 heavy (non-hydrogen) atoms. The molecular formula is C12H20N2OS. The van der Waals surface area contributed by atoms with Gasteiger partial charge < -0.3 is 4.98 Å². The van der Waals surface area contributed by atoms with Gasteiger partial charge >= 0.3 is 0 Å². The van der Waals surface area contributed by atoms with Crippen LogP contribution in [-0.4, -0.2) is 15.7 Å². The number of aryl methyl sites for hydroxylation is 1. The minimum atomic E-state index is 0.0228. The van der Waals surface area contributed by atoms with Gasteiger partial charge in [0.05, 0.1) is 5.75 Å². The number of nitrogens with zero attached hydrogens (tertiary/aromatic N) is 1. The first-order chi connectivity index (χ1) is 7.56.